The van der Waals surface area contributed by atoms with Crippen molar-refractivity contribution in [2.45, 2.75) is 64.5 Å². The molecule has 1 aliphatic heterocycles. The van der Waals surface area contributed by atoms with E-state index < -0.39 is 18.0 Å². The number of methoxy groups -OCH3 is 1. The van der Waals surface area contributed by atoms with Crippen LogP contribution < -0.4 is 20.1 Å². The molecule has 1 aromatic rings. The maximum Gasteiger partial charge on any atom is 0.338 e. The molecule has 0 saturated heterocycles. The summed E-state index contributed by atoms with van der Waals surface area (Å²) in [6.07, 6.45) is 5.74. The van der Waals surface area contributed by atoms with E-state index in [0.29, 0.717) is 39.8 Å². The van der Waals surface area contributed by atoms with Crippen molar-refractivity contribution in [3.05, 3.63) is 34.0 Å². The van der Waals surface area contributed by atoms with Gasteiger partial charge in [0.1, 0.15) is 0 Å². The van der Waals surface area contributed by atoms with Crippen molar-refractivity contribution >= 4 is 23.6 Å². The number of carbonyl (C=O) groups is 2. The highest BCUT2D eigenvalue weighted by atomic mass is 35.5. The Bertz CT molecular complexity index is 833. The number of allylic oxidation sites excluding steroid dienone is 1. The molecular weight excluding hydrogens is 408 g/mol. The normalized spacial score (nSPS) is 19.3. The van der Waals surface area contributed by atoms with Gasteiger partial charge < -0.3 is 24.8 Å². The van der Waals surface area contributed by atoms with E-state index in [4.69, 9.17) is 25.8 Å². The molecule has 1 fully saturated rings. The predicted octanol–water partition coefficient (Wildman–Crippen LogP) is 4.64. The third kappa shape index (κ3) is 4.83. The highest BCUT2D eigenvalue weighted by Crippen LogP contribution is 2.41. The number of rotatable bonds is 8. The van der Waals surface area contributed by atoms with E-state index in [0.717, 1.165) is 32.1 Å². The van der Waals surface area contributed by atoms with Gasteiger partial charge in [0.2, 0.25) is 0 Å². The molecule has 7 nitrogen and oxygen atoms in total. The standard InChI is InChI=1S/C22H29ClN2O5/c1-4-8-16-19(21(26)29-5-2)20(25-22(27)24-16)14-11-17(28-3)18(12-15(14)23)30-13-9-6-7-10-13/h11-13,20H,4-10H2,1-3H3,(H2,24,25,27)/t20-/m0/s1. The van der Waals surface area contributed by atoms with Crippen molar-refractivity contribution in [3.63, 3.8) is 0 Å². The molecule has 1 atom stereocenters. The summed E-state index contributed by atoms with van der Waals surface area (Å²) in [6.45, 7) is 3.95. The SMILES string of the molecule is CCCC1=C(C(=O)OCC)[C@H](c2cc(OC)c(OC3CCCC3)cc2Cl)NC(=O)N1. The van der Waals surface area contributed by atoms with E-state index in [2.05, 4.69) is 10.6 Å². The number of nitrogens with one attached hydrogen (secondary N) is 2. The molecule has 164 valence electrons. The van der Waals surface area contributed by atoms with Crippen LogP contribution in [0.1, 0.15) is 64.0 Å². The molecule has 1 aromatic carbocycles. The van der Waals surface area contributed by atoms with Crippen molar-refractivity contribution < 1.29 is 23.8 Å². The Labute approximate surface area is 182 Å². The lowest BCUT2D eigenvalue weighted by Gasteiger charge is -2.30. The lowest BCUT2D eigenvalue weighted by molar-refractivity contribution is -0.139. The molecule has 0 bridgehead atoms. The lowest BCUT2D eigenvalue weighted by atomic mass is 9.93. The molecule has 1 heterocycles. The first-order valence-electron chi connectivity index (χ1n) is 10.5. The van der Waals surface area contributed by atoms with Gasteiger partial charge in [0.05, 0.1) is 36.5 Å². The van der Waals surface area contributed by atoms with Crippen LogP contribution in [0.2, 0.25) is 5.02 Å². The van der Waals surface area contributed by atoms with Crippen molar-refractivity contribution in [2.24, 2.45) is 0 Å². The first-order chi connectivity index (χ1) is 14.5. The van der Waals surface area contributed by atoms with Crippen LogP contribution in [0.3, 0.4) is 0 Å². The van der Waals surface area contributed by atoms with Crippen molar-refractivity contribution in [2.75, 3.05) is 13.7 Å². The van der Waals surface area contributed by atoms with Crippen molar-refractivity contribution in [1.29, 1.82) is 0 Å². The zero-order chi connectivity index (χ0) is 21.7. The highest BCUT2D eigenvalue weighted by Gasteiger charge is 2.35. The smallest absolute Gasteiger partial charge is 0.338 e. The molecule has 2 amide bonds. The first-order valence-corrected chi connectivity index (χ1v) is 10.9. The Hall–Kier alpha value is -2.41. The second kappa shape index (κ2) is 10.1. The summed E-state index contributed by atoms with van der Waals surface area (Å²) in [4.78, 5) is 25.1. The molecule has 1 saturated carbocycles. The Morgan fingerprint density at radius 2 is 1.93 bits per heavy atom. The third-order valence-electron chi connectivity index (χ3n) is 5.34. The molecule has 30 heavy (non-hydrogen) atoms. The maximum absolute atomic E-state index is 12.8. The van der Waals surface area contributed by atoms with Gasteiger partial charge in [-0.05, 0) is 45.1 Å². The number of amides is 2. The minimum Gasteiger partial charge on any atom is -0.493 e. The average Bonchev–Trinajstić information content (AvgIpc) is 3.21. The maximum atomic E-state index is 12.8. The van der Waals surface area contributed by atoms with E-state index in [1.165, 1.54) is 0 Å². The van der Waals surface area contributed by atoms with Crippen LogP contribution >= 0.6 is 11.6 Å². The zero-order valence-electron chi connectivity index (χ0n) is 17.7. The van der Waals surface area contributed by atoms with Gasteiger partial charge in [-0.25, -0.2) is 9.59 Å². The Morgan fingerprint density at radius 1 is 1.20 bits per heavy atom. The number of esters is 1. The summed E-state index contributed by atoms with van der Waals surface area (Å²) in [6, 6.07) is 2.29. The van der Waals surface area contributed by atoms with E-state index >= 15 is 0 Å². The lowest BCUT2D eigenvalue weighted by Crippen LogP contribution is -2.46. The summed E-state index contributed by atoms with van der Waals surface area (Å²) >= 11 is 6.61. The van der Waals surface area contributed by atoms with Gasteiger partial charge >= 0.3 is 12.0 Å². The fourth-order valence-corrected chi connectivity index (χ4v) is 4.22. The minimum atomic E-state index is -0.749. The minimum absolute atomic E-state index is 0.144. The molecule has 0 unspecified atom stereocenters. The first kappa shape index (κ1) is 22.3. The van der Waals surface area contributed by atoms with Gasteiger partial charge in [-0.3, -0.25) is 0 Å². The van der Waals surface area contributed by atoms with E-state index in [1.54, 1.807) is 26.2 Å². The van der Waals surface area contributed by atoms with Crippen LogP contribution in [-0.4, -0.2) is 31.8 Å². The number of hydrogen-bond donors (Lipinski definition) is 2. The van der Waals surface area contributed by atoms with Gasteiger partial charge in [0.25, 0.3) is 0 Å². The zero-order valence-corrected chi connectivity index (χ0v) is 18.4. The third-order valence-corrected chi connectivity index (χ3v) is 5.67. The number of halogens is 1. The van der Waals surface area contributed by atoms with E-state index in [1.807, 2.05) is 6.92 Å². The number of carbonyl (C=O) groups excluding carboxylic acids is 2. The molecule has 0 spiro atoms. The molecule has 2 N–H and O–H groups in total. The Morgan fingerprint density at radius 3 is 2.57 bits per heavy atom. The van der Waals surface area contributed by atoms with Crippen LogP contribution in [0, 0.1) is 0 Å². The van der Waals surface area contributed by atoms with Crippen LogP contribution in [-0.2, 0) is 9.53 Å². The molecule has 8 heteroatoms. The highest BCUT2D eigenvalue weighted by molar-refractivity contribution is 6.31. The number of hydrogen-bond acceptors (Lipinski definition) is 5. The second-order valence-corrected chi connectivity index (χ2v) is 7.85. The molecule has 1 aliphatic carbocycles. The van der Waals surface area contributed by atoms with Crippen LogP contribution in [0.4, 0.5) is 4.79 Å². The van der Waals surface area contributed by atoms with Gasteiger partial charge in [0.15, 0.2) is 11.5 Å². The van der Waals surface area contributed by atoms with Crippen molar-refractivity contribution in [3.8, 4) is 11.5 Å². The quantitative estimate of drug-likeness (QED) is 0.580. The molecule has 0 aromatic heterocycles. The molecule has 2 aliphatic rings. The predicted molar refractivity (Wildman–Crippen MR) is 114 cm³/mol. The van der Waals surface area contributed by atoms with Gasteiger partial charge in [-0.2, -0.15) is 0 Å². The van der Waals surface area contributed by atoms with Gasteiger partial charge in [0, 0.05) is 17.3 Å². The Balaban J connectivity index is 2.03. The van der Waals surface area contributed by atoms with E-state index in [9.17, 15) is 9.59 Å². The summed E-state index contributed by atoms with van der Waals surface area (Å²) in [5, 5.41) is 5.93. The molecular formula is C22H29ClN2O5. The Kier molecular flexibility index (Phi) is 7.48. The number of ether oxygens (including phenoxy) is 3. The summed E-state index contributed by atoms with van der Waals surface area (Å²) in [5.41, 5.74) is 1.46. The number of urea groups is 1. The van der Waals surface area contributed by atoms with Crippen LogP contribution in [0.25, 0.3) is 0 Å². The van der Waals surface area contributed by atoms with Crippen LogP contribution in [0.15, 0.2) is 23.4 Å². The summed E-state index contributed by atoms with van der Waals surface area (Å²) in [5.74, 6) is 0.586. The molecule has 0 radical (unpaired) electrons. The van der Waals surface area contributed by atoms with E-state index in [-0.39, 0.29) is 12.7 Å². The average molecular weight is 437 g/mol. The fraction of sp³-hybridized carbons (Fsp3) is 0.545. The summed E-state index contributed by atoms with van der Waals surface area (Å²) in [7, 11) is 1.56. The van der Waals surface area contributed by atoms with Crippen LogP contribution in [0.5, 0.6) is 11.5 Å². The van der Waals surface area contributed by atoms with Gasteiger partial charge in [-0.1, -0.05) is 24.9 Å². The van der Waals surface area contributed by atoms with Gasteiger partial charge in [-0.15, -0.1) is 0 Å². The second-order valence-electron chi connectivity index (χ2n) is 7.44. The molecule has 3 rings (SSSR count). The summed E-state index contributed by atoms with van der Waals surface area (Å²) < 4.78 is 16.9. The fourth-order valence-electron chi connectivity index (χ4n) is 3.96. The van der Waals surface area contributed by atoms with Crippen molar-refractivity contribution in [1.82, 2.24) is 10.6 Å². The number of benzene rings is 1. The largest absolute Gasteiger partial charge is 0.493 e. The monoisotopic (exact) mass is 436 g/mol. The topological polar surface area (TPSA) is 85.9 Å².